The van der Waals surface area contributed by atoms with E-state index in [4.69, 9.17) is 14.2 Å². The zero-order chi connectivity index (χ0) is 28.6. The van der Waals surface area contributed by atoms with Crippen molar-refractivity contribution >= 4 is 26.8 Å². The van der Waals surface area contributed by atoms with Crippen LogP contribution in [0.15, 0.2) is 41.5 Å². The number of nitriles is 1. The Morgan fingerprint density at radius 3 is 2.73 bits per heavy atom. The Labute approximate surface area is 235 Å². The van der Waals surface area contributed by atoms with Crippen molar-refractivity contribution in [2.45, 2.75) is 30.9 Å². The van der Waals surface area contributed by atoms with Gasteiger partial charge in [-0.25, -0.2) is 9.37 Å². The van der Waals surface area contributed by atoms with E-state index < -0.39 is 21.8 Å². The molecule has 41 heavy (non-hydrogen) atoms. The molecule has 6 rings (SSSR count). The molecule has 14 heteroatoms. The van der Waals surface area contributed by atoms with Crippen LogP contribution < -0.4 is 20.3 Å². The number of halogens is 1. The molecular formula is C27H29FN6O6S. The molecule has 1 atom stereocenters. The highest BCUT2D eigenvalue weighted by molar-refractivity contribution is 7.90. The van der Waals surface area contributed by atoms with E-state index in [1.807, 2.05) is 6.07 Å². The van der Waals surface area contributed by atoms with Gasteiger partial charge in [0.25, 0.3) is 5.56 Å². The molecule has 3 aliphatic rings. The summed E-state index contributed by atoms with van der Waals surface area (Å²) in [6.07, 6.45) is 4.00. The number of benzene rings is 2. The Balaban J connectivity index is 1.29. The number of fused-ring (bicyclic) bond motifs is 1. The normalized spacial score (nSPS) is 21.1. The molecule has 0 aliphatic carbocycles. The number of anilines is 1. The molecule has 0 unspecified atom stereocenters. The highest BCUT2D eigenvalue weighted by atomic mass is 32.2. The number of ether oxygens (including phenoxy) is 3. The Bertz CT molecular complexity index is 1680. The minimum Gasteiger partial charge on any atom is -0.453 e. The summed E-state index contributed by atoms with van der Waals surface area (Å²) in [5, 5.41) is 13.4. The SMILES string of the molecule is N#Cc1c(NS(=O)(=O)N2CCOCC2)ccc(F)c1Oc1ccc2ncn([C@H]3COC4(CCNCC4)C3)c(=O)c2c1. The van der Waals surface area contributed by atoms with Crippen LogP contribution in [0.2, 0.25) is 0 Å². The Kier molecular flexibility index (Phi) is 7.39. The molecular weight excluding hydrogens is 555 g/mol. The molecule has 0 bridgehead atoms. The summed E-state index contributed by atoms with van der Waals surface area (Å²) >= 11 is 0. The largest absolute Gasteiger partial charge is 0.453 e. The molecule has 3 fully saturated rings. The molecule has 2 N–H and O–H groups in total. The van der Waals surface area contributed by atoms with E-state index in [0.717, 1.165) is 32.0 Å². The van der Waals surface area contributed by atoms with Crippen LogP contribution in [0.4, 0.5) is 10.1 Å². The summed E-state index contributed by atoms with van der Waals surface area (Å²) < 4.78 is 62.9. The van der Waals surface area contributed by atoms with Crippen LogP contribution in [-0.2, 0) is 19.7 Å². The van der Waals surface area contributed by atoms with Gasteiger partial charge in [0.15, 0.2) is 11.6 Å². The van der Waals surface area contributed by atoms with Gasteiger partial charge in [-0.2, -0.15) is 18.0 Å². The summed E-state index contributed by atoms with van der Waals surface area (Å²) in [5.41, 5.74) is -0.557. The third-order valence-corrected chi connectivity index (χ3v) is 9.36. The van der Waals surface area contributed by atoms with Crippen LogP contribution in [0.3, 0.4) is 0 Å². The maximum absolute atomic E-state index is 14.9. The second kappa shape index (κ2) is 11.0. The maximum atomic E-state index is 14.9. The van der Waals surface area contributed by atoms with Crippen molar-refractivity contribution in [3.05, 3.63) is 58.4 Å². The van der Waals surface area contributed by atoms with E-state index in [9.17, 15) is 22.9 Å². The number of nitrogens with zero attached hydrogens (tertiary/aromatic N) is 4. The van der Waals surface area contributed by atoms with Gasteiger partial charge in [0.1, 0.15) is 17.4 Å². The lowest BCUT2D eigenvalue weighted by Gasteiger charge is -2.32. The molecule has 1 spiro atoms. The van der Waals surface area contributed by atoms with Gasteiger partial charge in [0, 0.05) is 13.1 Å². The van der Waals surface area contributed by atoms with Gasteiger partial charge >= 0.3 is 10.2 Å². The zero-order valence-corrected chi connectivity index (χ0v) is 23.0. The monoisotopic (exact) mass is 584 g/mol. The van der Waals surface area contributed by atoms with E-state index in [1.165, 1.54) is 28.8 Å². The maximum Gasteiger partial charge on any atom is 0.301 e. The summed E-state index contributed by atoms with van der Waals surface area (Å²) in [6.45, 7) is 2.94. The smallest absolute Gasteiger partial charge is 0.301 e. The van der Waals surface area contributed by atoms with Crippen molar-refractivity contribution in [2.24, 2.45) is 0 Å². The van der Waals surface area contributed by atoms with Crippen molar-refractivity contribution < 1.29 is 27.0 Å². The van der Waals surface area contributed by atoms with E-state index >= 15 is 0 Å². The van der Waals surface area contributed by atoms with Crippen molar-refractivity contribution in [2.75, 3.05) is 50.7 Å². The minimum atomic E-state index is -4.02. The fourth-order valence-electron chi connectivity index (χ4n) is 5.63. The van der Waals surface area contributed by atoms with Crippen LogP contribution in [-0.4, -0.2) is 73.9 Å². The molecule has 0 amide bonds. The van der Waals surface area contributed by atoms with E-state index in [-0.39, 0.29) is 65.9 Å². The number of piperidine rings is 1. The molecule has 1 aromatic heterocycles. The second-order valence-electron chi connectivity index (χ2n) is 10.4. The highest BCUT2D eigenvalue weighted by Gasteiger charge is 2.42. The number of hydrogen-bond acceptors (Lipinski definition) is 9. The highest BCUT2D eigenvalue weighted by Crippen LogP contribution is 2.39. The van der Waals surface area contributed by atoms with Gasteiger partial charge < -0.3 is 19.5 Å². The standard InChI is InChI=1S/C27H29FN6O6S/c28-22-2-4-24(32-41(36,37)33-9-11-38-12-10-33)21(15-29)25(22)40-19-1-3-23-20(13-19)26(35)34(17-31-23)18-14-27(39-16-18)5-7-30-8-6-27/h1-4,13,17-18,30,32H,5-12,14,16H2/t18-/m1/s1. The van der Waals surface area contributed by atoms with E-state index in [0.29, 0.717) is 18.5 Å². The van der Waals surface area contributed by atoms with E-state index in [2.05, 4.69) is 15.0 Å². The second-order valence-corrected chi connectivity index (χ2v) is 12.0. The van der Waals surface area contributed by atoms with Crippen LogP contribution in [0.1, 0.15) is 30.9 Å². The molecule has 0 saturated carbocycles. The minimum absolute atomic E-state index is 0.0928. The molecule has 2 aromatic carbocycles. The predicted octanol–water partition coefficient (Wildman–Crippen LogP) is 2.27. The Hall–Kier alpha value is -3.61. The molecule has 3 saturated heterocycles. The molecule has 216 valence electrons. The first-order chi connectivity index (χ1) is 19.8. The molecule has 4 heterocycles. The Morgan fingerprint density at radius 2 is 1.98 bits per heavy atom. The van der Waals surface area contributed by atoms with Crippen LogP contribution in [0, 0.1) is 17.1 Å². The predicted molar refractivity (Wildman–Crippen MR) is 147 cm³/mol. The number of aromatic nitrogens is 2. The van der Waals surface area contributed by atoms with Crippen molar-refractivity contribution in [3.63, 3.8) is 0 Å². The van der Waals surface area contributed by atoms with Crippen LogP contribution in [0.5, 0.6) is 11.5 Å². The number of rotatable bonds is 6. The quantitative estimate of drug-likeness (QED) is 0.445. The molecule has 3 aromatic rings. The van der Waals surface area contributed by atoms with Crippen molar-refractivity contribution in [3.8, 4) is 17.6 Å². The number of nitrogens with one attached hydrogen (secondary N) is 2. The average molecular weight is 585 g/mol. The topological polar surface area (TPSA) is 148 Å². The molecule has 12 nitrogen and oxygen atoms in total. The number of hydrogen-bond donors (Lipinski definition) is 2. The lowest BCUT2D eigenvalue weighted by molar-refractivity contribution is -0.0196. The average Bonchev–Trinajstić information content (AvgIpc) is 3.38. The van der Waals surface area contributed by atoms with Gasteiger partial charge in [0.2, 0.25) is 0 Å². The first-order valence-corrected chi connectivity index (χ1v) is 14.8. The van der Waals surface area contributed by atoms with E-state index in [1.54, 1.807) is 10.6 Å². The molecule has 3 aliphatic heterocycles. The Morgan fingerprint density at radius 1 is 1.20 bits per heavy atom. The van der Waals surface area contributed by atoms with Gasteiger partial charge in [-0.3, -0.25) is 14.1 Å². The van der Waals surface area contributed by atoms with Crippen LogP contribution in [0.25, 0.3) is 10.9 Å². The summed E-state index contributed by atoms with van der Waals surface area (Å²) in [5.74, 6) is -1.24. The lowest BCUT2D eigenvalue weighted by atomic mass is 9.88. The van der Waals surface area contributed by atoms with Gasteiger partial charge in [-0.1, -0.05) is 0 Å². The summed E-state index contributed by atoms with van der Waals surface area (Å²) in [6, 6.07) is 8.38. The third kappa shape index (κ3) is 5.39. The first-order valence-electron chi connectivity index (χ1n) is 13.4. The van der Waals surface area contributed by atoms with Crippen LogP contribution >= 0.6 is 0 Å². The third-order valence-electron chi connectivity index (χ3n) is 7.84. The van der Waals surface area contributed by atoms with Gasteiger partial charge in [-0.05, 0) is 62.7 Å². The molecule has 0 radical (unpaired) electrons. The fraction of sp³-hybridized carbons (Fsp3) is 0.444. The zero-order valence-electron chi connectivity index (χ0n) is 22.1. The number of morpholine rings is 1. The van der Waals surface area contributed by atoms with Gasteiger partial charge in [0.05, 0.1) is 54.4 Å². The van der Waals surface area contributed by atoms with Crippen molar-refractivity contribution in [1.82, 2.24) is 19.2 Å². The fourth-order valence-corrected chi connectivity index (χ4v) is 6.84. The summed E-state index contributed by atoms with van der Waals surface area (Å²) in [7, 11) is -4.02. The first kappa shape index (κ1) is 27.6. The van der Waals surface area contributed by atoms with Crippen molar-refractivity contribution in [1.29, 1.82) is 5.26 Å². The van der Waals surface area contributed by atoms with Gasteiger partial charge in [-0.15, -0.1) is 0 Å². The summed E-state index contributed by atoms with van der Waals surface area (Å²) in [4.78, 5) is 18.0. The lowest BCUT2D eigenvalue weighted by Crippen LogP contribution is -2.43.